The Bertz CT molecular complexity index is 379. The lowest BCUT2D eigenvalue weighted by Gasteiger charge is -2.41. The largest absolute Gasteiger partial charge is 0.591 e. The maximum Gasteiger partial charge on any atom is 0.144 e. The van der Waals surface area contributed by atoms with Gasteiger partial charge in [0.25, 0.3) is 0 Å². The van der Waals surface area contributed by atoms with Crippen molar-refractivity contribution in [3.05, 3.63) is 0 Å². The van der Waals surface area contributed by atoms with Crippen molar-refractivity contribution >= 4 is 17.1 Å². The van der Waals surface area contributed by atoms with Crippen LogP contribution in [0.4, 0.5) is 0 Å². The van der Waals surface area contributed by atoms with Crippen LogP contribution in [0.3, 0.4) is 0 Å². The minimum Gasteiger partial charge on any atom is -0.591 e. The summed E-state index contributed by atoms with van der Waals surface area (Å²) in [5.74, 6) is 1.52. The molecule has 108 valence electrons. The fourth-order valence-corrected chi connectivity index (χ4v) is 5.37. The van der Waals surface area contributed by atoms with Gasteiger partial charge in [-0.25, -0.2) is 0 Å². The maximum absolute atomic E-state index is 12.4. The lowest BCUT2D eigenvalue weighted by molar-refractivity contribution is 0.193. The van der Waals surface area contributed by atoms with Crippen molar-refractivity contribution in [1.82, 2.24) is 0 Å². The van der Waals surface area contributed by atoms with E-state index in [1.165, 1.54) is 57.1 Å². The standard InChI is InChI=1S/C16H27NOS/c1-15(2,3)19(18)17-14-12-7-8-13(11-12)16(14)9-5-4-6-10-16/h12-13H,4-11H2,1-3H3/b17-14+/t12-,13+,19?/m1/s1. The van der Waals surface area contributed by atoms with E-state index in [1.807, 2.05) is 20.8 Å². The Morgan fingerprint density at radius 1 is 1.16 bits per heavy atom. The zero-order valence-corrected chi connectivity index (χ0v) is 13.4. The van der Waals surface area contributed by atoms with E-state index >= 15 is 0 Å². The van der Waals surface area contributed by atoms with E-state index in [-0.39, 0.29) is 4.75 Å². The number of fused-ring (bicyclic) bond motifs is 3. The Morgan fingerprint density at radius 2 is 1.84 bits per heavy atom. The van der Waals surface area contributed by atoms with E-state index in [0.29, 0.717) is 11.3 Å². The lowest BCUT2D eigenvalue weighted by Crippen LogP contribution is -2.40. The molecule has 2 bridgehead atoms. The summed E-state index contributed by atoms with van der Waals surface area (Å²) < 4.78 is 17.0. The summed E-state index contributed by atoms with van der Waals surface area (Å²) in [7, 11) is 0. The van der Waals surface area contributed by atoms with Crippen molar-refractivity contribution in [3.63, 3.8) is 0 Å². The highest BCUT2D eigenvalue weighted by Gasteiger charge is 2.57. The van der Waals surface area contributed by atoms with Crippen molar-refractivity contribution in [2.24, 2.45) is 21.6 Å². The molecule has 3 rings (SSSR count). The van der Waals surface area contributed by atoms with Gasteiger partial charge in [0.15, 0.2) is 0 Å². The number of nitrogens with zero attached hydrogens (tertiary/aromatic N) is 1. The quantitative estimate of drug-likeness (QED) is 0.661. The predicted octanol–water partition coefficient (Wildman–Crippen LogP) is 4.27. The van der Waals surface area contributed by atoms with Gasteiger partial charge in [0.2, 0.25) is 0 Å². The SMILES string of the molecule is CC(C)(C)[S+]([O-])/N=C1\[C@@H]2CC[C@@H](C2)C12CCCCC2. The Labute approximate surface area is 120 Å². The van der Waals surface area contributed by atoms with Crippen LogP contribution in [0.1, 0.15) is 72.1 Å². The van der Waals surface area contributed by atoms with Crippen molar-refractivity contribution < 1.29 is 4.55 Å². The van der Waals surface area contributed by atoms with Gasteiger partial charge in [-0.3, -0.25) is 0 Å². The van der Waals surface area contributed by atoms with Crippen molar-refractivity contribution in [3.8, 4) is 0 Å². The minimum atomic E-state index is -1.07. The molecule has 3 fully saturated rings. The highest BCUT2D eigenvalue weighted by molar-refractivity contribution is 7.91. The molecular formula is C16H27NOS. The van der Waals surface area contributed by atoms with Gasteiger partial charge in [0.1, 0.15) is 16.1 Å². The van der Waals surface area contributed by atoms with Crippen LogP contribution in [0.15, 0.2) is 4.40 Å². The average molecular weight is 281 g/mol. The zero-order chi connectivity index (χ0) is 13.7. The Balaban J connectivity index is 1.91. The normalized spacial score (nSPS) is 37.2. The summed E-state index contributed by atoms with van der Waals surface area (Å²) in [4.78, 5) is 0. The summed E-state index contributed by atoms with van der Waals surface area (Å²) in [5, 5.41) is 0. The Morgan fingerprint density at radius 3 is 2.47 bits per heavy atom. The van der Waals surface area contributed by atoms with Gasteiger partial charge < -0.3 is 4.55 Å². The summed E-state index contributed by atoms with van der Waals surface area (Å²) in [6, 6.07) is 0. The second-order valence-electron chi connectivity index (χ2n) is 7.76. The third-order valence-electron chi connectivity index (χ3n) is 5.56. The van der Waals surface area contributed by atoms with Gasteiger partial charge in [-0.1, -0.05) is 23.7 Å². The highest BCUT2D eigenvalue weighted by atomic mass is 32.2. The smallest absolute Gasteiger partial charge is 0.144 e. The Hall–Kier alpha value is -0.0200. The molecule has 3 aliphatic rings. The molecule has 0 aromatic rings. The van der Waals surface area contributed by atoms with Crippen LogP contribution in [0, 0.1) is 17.3 Å². The monoisotopic (exact) mass is 281 g/mol. The van der Waals surface area contributed by atoms with E-state index in [4.69, 9.17) is 4.40 Å². The van der Waals surface area contributed by atoms with Crippen LogP contribution in [0.25, 0.3) is 0 Å². The molecule has 1 spiro atoms. The summed E-state index contributed by atoms with van der Waals surface area (Å²) in [6.07, 6.45) is 10.7. The van der Waals surface area contributed by atoms with Gasteiger partial charge in [0, 0.05) is 11.3 Å². The van der Waals surface area contributed by atoms with Crippen molar-refractivity contribution in [2.75, 3.05) is 0 Å². The van der Waals surface area contributed by atoms with Crippen molar-refractivity contribution in [2.45, 2.75) is 76.9 Å². The number of hydrogen-bond donors (Lipinski definition) is 0. The van der Waals surface area contributed by atoms with Gasteiger partial charge in [-0.15, -0.1) is 0 Å². The fraction of sp³-hybridized carbons (Fsp3) is 0.938. The molecule has 3 aliphatic carbocycles. The molecule has 19 heavy (non-hydrogen) atoms. The summed E-state index contributed by atoms with van der Waals surface area (Å²) in [5.41, 5.74) is 1.74. The van der Waals surface area contributed by atoms with E-state index in [1.54, 1.807) is 0 Å². The minimum absolute atomic E-state index is 0.218. The first-order valence-corrected chi connectivity index (χ1v) is 9.05. The van der Waals surface area contributed by atoms with Crippen LogP contribution in [0.2, 0.25) is 0 Å². The molecule has 1 unspecified atom stereocenters. The first-order chi connectivity index (χ1) is 8.93. The van der Waals surface area contributed by atoms with Crippen LogP contribution in [-0.4, -0.2) is 15.0 Å². The molecule has 3 saturated carbocycles. The molecule has 0 radical (unpaired) electrons. The molecule has 3 atom stereocenters. The molecule has 0 aromatic carbocycles. The van der Waals surface area contributed by atoms with Gasteiger partial charge >= 0.3 is 0 Å². The Kier molecular flexibility index (Phi) is 3.50. The highest BCUT2D eigenvalue weighted by Crippen LogP contribution is 2.60. The predicted molar refractivity (Wildman–Crippen MR) is 81.7 cm³/mol. The second kappa shape index (κ2) is 4.77. The topological polar surface area (TPSA) is 35.4 Å². The van der Waals surface area contributed by atoms with Gasteiger partial charge in [-0.2, -0.15) is 0 Å². The van der Waals surface area contributed by atoms with Crippen LogP contribution in [-0.2, 0) is 11.4 Å². The molecule has 0 amide bonds. The van der Waals surface area contributed by atoms with E-state index in [0.717, 1.165) is 5.92 Å². The lowest BCUT2D eigenvalue weighted by atomic mass is 9.63. The fourth-order valence-electron chi connectivity index (χ4n) is 4.59. The van der Waals surface area contributed by atoms with E-state index in [2.05, 4.69) is 0 Å². The first-order valence-electron chi connectivity index (χ1n) is 7.94. The third kappa shape index (κ3) is 2.27. The average Bonchev–Trinajstić information content (AvgIpc) is 2.92. The molecule has 0 N–H and O–H groups in total. The van der Waals surface area contributed by atoms with Crippen LogP contribution < -0.4 is 0 Å². The maximum atomic E-state index is 12.4. The van der Waals surface area contributed by atoms with E-state index < -0.39 is 11.4 Å². The molecule has 0 aromatic heterocycles. The summed E-state index contributed by atoms with van der Waals surface area (Å²) in [6.45, 7) is 6.11. The van der Waals surface area contributed by atoms with Crippen LogP contribution >= 0.6 is 0 Å². The number of hydrogen-bond acceptors (Lipinski definition) is 2. The molecule has 0 aliphatic heterocycles. The van der Waals surface area contributed by atoms with Crippen LogP contribution in [0.5, 0.6) is 0 Å². The number of rotatable bonds is 1. The summed E-state index contributed by atoms with van der Waals surface area (Å²) >= 11 is -1.07. The van der Waals surface area contributed by atoms with Gasteiger partial charge in [0.05, 0.1) is 5.71 Å². The van der Waals surface area contributed by atoms with Crippen molar-refractivity contribution in [1.29, 1.82) is 0 Å². The molecule has 3 heteroatoms. The first kappa shape index (κ1) is 13.9. The third-order valence-corrected chi connectivity index (χ3v) is 6.97. The molecule has 0 saturated heterocycles. The molecular weight excluding hydrogens is 254 g/mol. The van der Waals surface area contributed by atoms with E-state index in [9.17, 15) is 4.55 Å². The second-order valence-corrected chi connectivity index (χ2v) is 9.67. The molecule has 2 nitrogen and oxygen atoms in total. The van der Waals surface area contributed by atoms with Gasteiger partial charge in [-0.05, 0) is 58.8 Å². The zero-order valence-electron chi connectivity index (χ0n) is 12.6. The molecule has 0 heterocycles.